The van der Waals surface area contributed by atoms with Crippen molar-refractivity contribution in [2.24, 2.45) is 5.92 Å². The highest BCUT2D eigenvalue weighted by Gasteiger charge is 2.21. The largest absolute Gasteiger partial charge is 0.493 e. The first kappa shape index (κ1) is 15.0. The van der Waals surface area contributed by atoms with Crippen LogP contribution in [0.25, 0.3) is 0 Å². The number of benzene rings is 1. The molecule has 2 heterocycles. The lowest BCUT2D eigenvalue weighted by Gasteiger charge is -2.23. The number of piperidine rings is 1. The van der Waals surface area contributed by atoms with E-state index >= 15 is 0 Å². The number of carbonyl (C=O) groups excluding carboxylic acids is 1. The molecule has 1 unspecified atom stereocenters. The number of hydrogen-bond donors (Lipinski definition) is 2. The third-order valence-corrected chi connectivity index (χ3v) is 4.04. The van der Waals surface area contributed by atoms with Crippen LogP contribution in [-0.2, 0) is 0 Å². The van der Waals surface area contributed by atoms with Crippen molar-refractivity contribution in [3.63, 3.8) is 0 Å². The molecule has 0 spiro atoms. The van der Waals surface area contributed by atoms with Gasteiger partial charge in [-0.1, -0.05) is 0 Å². The number of fused-ring (bicyclic) bond motifs is 1. The first-order chi connectivity index (χ1) is 10.8. The lowest BCUT2D eigenvalue weighted by molar-refractivity contribution is 0.0943. The zero-order valence-electron chi connectivity index (χ0n) is 12.8. The Morgan fingerprint density at radius 3 is 3.05 bits per heavy atom. The van der Waals surface area contributed by atoms with Crippen molar-refractivity contribution in [2.45, 2.75) is 12.8 Å². The molecular weight excluding hydrogens is 284 g/mol. The van der Waals surface area contributed by atoms with Crippen LogP contribution in [0.2, 0.25) is 0 Å². The van der Waals surface area contributed by atoms with Gasteiger partial charge in [-0.05, 0) is 44.0 Å². The van der Waals surface area contributed by atoms with Gasteiger partial charge >= 0.3 is 0 Å². The van der Waals surface area contributed by atoms with Gasteiger partial charge in [0.2, 0.25) is 5.75 Å². The van der Waals surface area contributed by atoms with Gasteiger partial charge in [0.25, 0.3) is 5.91 Å². The molecule has 1 atom stereocenters. The molecule has 22 heavy (non-hydrogen) atoms. The van der Waals surface area contributed by atoms with E-state index < -0.39 is 0 Å². The highest BCUT2D eigenvalue weighted by Crippen LogP contribution is 2.40. The maximum absolute atomic E-state index is 12.4. The molecule has 0 aromatic heterocycles. The quantitative estimate of drug-likeness (QED) is 0.875. The second kappa shape index (κ2) is 6.87. The van der Waals surface area contributed by atoms with E-state index in [1.54, 1.807) is 19.2 Å². The van der Waals surface area contributed by atoms with Gasteiger partial charge in [-0.3, -0.25) is 4.79 Å². The highest BCUT2D eigenvalue weighted by atomic mass is 16.6. The Kier molecular flexibility index (Phi) is 4.68. The number of methoxy groups -OCH3 is 1. The van der Waals surface area contributed by atoms with Gasteiger partial charge in [-0.2, -0.15) is 0 Å². The van der Waals surface area contributed by atoms with Gasteiger partial charge in [-0.15, -0.1) is 0 Å². The molecule has 2 N–H and O–H groups in total. The van der Waals surface area contributed by atoms with E-state index in [0.29, 0.717) is 48.5 Å². The van der Waals surface area contributed by atoms with Crippen LogP contribution in [0.5, 0.6) is 17.2 Å². The van der Waals surface area contributed by atoms with Gasteiger partial charge < -0.3 is 24.8 Å². The van der Waals surface area contributed by atoms with E-state index in [-0.39, 0.29) is 5.91 Å². The zero-order valence-corrected chi connectivity index (χ0v) is 12.8. The molecule has 0 radical (unpaired) electrons. The van der Waals surface area contributed by atoms with Gasteiger partial charge in [-0.25, -0.2) is 0 Å². The van der Waals surface area contributed by atoms with Crippen molar-refractivity contribution in [2.75, 3.05) is 40.0 Å². The molecule has 1 aromatic carbocycles. The molecule has 0 bridgehead atoms. The third kappa shape index (κ3) is 3.27. The van der Waals surface area contributed by atoms with Crippen molar-refractivity contribution < 1.29 is 19.0 Å². The number of ether oxygens (including phenoxy) is 3. The highest BCUT2D eigenvalue weighted by molar-refractivity contribution is 5.95. The Morgan fingerprint density at radius 2 is 2.27 bits per heavy atom. The van der Waals surface area contributed by atoms with Crippen LogP contribution in [0.15, 0.2) is 12.1 Å². The zero-order chi connectivity index (χ0) is 15.4. The fraction of sp³-hybridized carbons (Fsp3) is 0.562. The smallest absolute Gasteiger partial charge is 0.251 e. The molecular formula is C16H22N2O4. The number of hydrogen-bond acceptors (Lipinski definition) is 5. The topological polar surface area (TPSA) is 68.8 Å². The summed E-state index contributed by atoms with van der Waals surface area (Å²) in [6, 6.07) is 3.41. The SMILES string of the molecule is COc1cc(C(=O)NCC2CCCNC2)cc2c1OCCO2. The van der Waals surface area contributed by atoms with Crippen LogP contribution in [0, 0.1) is 5.92 Å². The Hall–Kier alpha value is -1.95. The molecule has 3 rings (SSSR count). The molecule has 2 aliphatic heterocycles. The van der Waals surface area contributed by atoms with E-state index in [9.17, 15) is 4.79 Å². The Bertz CT molecular complexity index is 524. The average Bonchev–Trinajstić information content (AvgIpc) is 2.59. The van der Waals surface area contributed by atoms with Crippen molar-refractivity contribution >= 4 is 5.91 Å². The maximum Gasteiger partial charge on any atom is 0.251 e. The summed E-state index contributed by atoms with van der Waals surface area (Å²) in [4.78, 5) is 12.4. The Morgan fingerprint density at radius 1 is 1.41 bits per heavy atom. The number of amides is 1. The van der Waals surface area contributed by atoms with Crippen molar-refractivity contribution in [1.82, 2.24) is 10.6 Å². The summed E-state index contributed by atoms with van der Waals surface area (Å²) in [7, 11) is 1.56. The van der Waals surface area contributed by atoms with Gasteiger partial charge in [0.15, 0.2) is 11.5 Å². The predicted molar refractivity (Wildman–Crippen MR) is 81.9 cm³/mol. The number of rotatable bonds is 4. The maximum atomic E-state index is 12.4. The fourth-order valence-corrected chi connectivity index (χ4v) is 2.84. The van der Waals surface area contributed by atoms with Gasteiger partial charge in [0.1, 0.15) is 13.2 Å². The first-order valence-electron chi connectivity index (χ1n) is 7.74. The summed E-state index contributed by atoms with van der Waals surface area (Å²) in [5, 5.41) is 6.35. The van der Waals surface area contributed by atoms with E-state index in [1.807, 2.05) is 0 Å². The lowest BCUT2D eigenvalue weighted by Crippen LogP contribution is -2.38. The van der Waals surface area contributed by atoms with E-state index in [0.717, 1.165) is 19.5 Å². The number of nitrogens with one attached hydrogen (secondary N) is 2. The molecule has 1 amide bonds. The fourth-order valence-electron chi connectivity index (χ4n) is 2.84. The number of carbonyl (C=O) groups is 1. The summed E-state index contributed by atoms with van der Waals surface area (Å²) < 4.78 is 16.4. The second-order valence-corrected chi connectivity index (χ2v) is 5.63. The molecule has 120 valence electrons. The van der Waals surface area contributed by atoms with Crippen LogP contribution in [0.1, 0.15) is 23.2 Å². The average molecular weight is 306 g/mol. The minimum Gasteiger partial charge on any atom is -0.493 e. The van der Waals surface area contributed by atoms with Crippen molar-refractivity contribution in [3.05, 3.63) is 17.7 Å². The van der Waals surface area contributed by atoms with Crippen LogP contribution < -0.4 is 24.8 Å². The van der Waals surface area contributed by atoms with Crippen LogP contribution >= 0.6 is 0 Å². The molecule has 0 saturated carbocycles. The summed E-state index contributed by atoms with van der Waals surface area (Å²) in [6.07, 6.45) is 2.32. The lowest BCUT2D eigenvalue weighted by atomic mass is 9.99. The third-order valence-electron chi connectivity index (χ3n) is 4.04. The van der Waals surface area contributed by atoms with Crippen LogP contribution in [0.3, 0.4) is 0 Å². The van der Waals surface area contributed by atoms with E-state index in [1.165, 1.54) is 6.42 Å². The molecule has 1 aromatic rings. The van der Waals surface area contributed by atoms with Crippen LogP contribution in [0.4, 0.5) is 0 Å². The Labute approximate surface area is 130 Å². The normalized spacial score (nSPS) is 20.3. The summed E-state index contributed by atoms with van der Waals surface area (Å²) in [5.74, 6) is 2.05. The molecule has 6 heteroatoms. The van der Waals surface area contributed by atoms with Gasteiger partial charge in [0, 0.05) is 12.1 Å². The summed E-state index contributed by atoms with van der Waals surface area (Å²) in [5.41, 5.74) is 0.532. The molecule has 1 saturated heterocycles. The molecule has 2 aliphatic rings. The van der Waals surface area contributed by atoms with Crippen molar-refractivity contribution in [1.29, 1.82) is 0 Å². The monoisotopic (exact) mass is 306 g/mol. The summed E-state index contributed by atoms with van der Waals surface area (Å²) >= 11 is 0. The predicted octanol–water partition coefficient (Wildman–Crippen LogP) is 1.20. The first-order valence-corrected chi connectivity index (χ1v) is 7.74. The standard InChI is InChI=1S/C16H22N2O4/c1-20-13-7-12(8-14-15(13)22-6-5-21-14)16(19)18-10-11-3-2-4-17-9-11/h7-8,11,17H,2-6,9-10H2,1H3,(H,18,19). The van der Waals surface area contributed by atoms with E-state index in [4.69, 9.17) is 14.2 Å². The minimum atomic E-state index is -0.110. The molecule has 1 fully saturated rings. The second-order valence-electron chi connectivity index (χ2n) is 5.63. The van der Waals surface area contributed by atoms with Crippen LogP contribution in [-0.4, -0.2) is 45.9 Å². The van der Waals surface area contributed by atoms with Gasteiger partial charge in [0.05, 0.1) is 7.11 Å². The van der Waals surface area contributed by atoms with E-state index in [2.05, 4.69) is 10.6 Å². The Balaban J connectivity index is 1.69. The summed E-state index contributed by atoms with van der Waals surface area (Å²) in [6.45, 7) is 3.69. The van der Waals surface area contributed by atoms with Crippen molar-refractivity contribution in [3.8, 4) is 17.2 Å². The molecule has 6 nitrogen and oxygen atoms in total. The minimum absolute atomic E-state index is 0.110. The molecule has 0 aliphatic carbocycles.